The van der Waals surface area contributed by atoms with E-state index in [1.807, 2.05) is 18.7 Å². The third-order valence-electron chi connectivity index (χ3n) is 5.05. The van der Waals surface area contributed by atoms with Crippen molar-refractivity contribution in [3.05, 3.63) is 34.2 Å². The van der Waals surface area contributed by atoms with E-state index in [0.29, 0.717) is 51.8 Å². The smallest absolute Gasteiger partial charge is 0.342 e. The Hall–Kier alpha value is -2.36. The largest absolute Gasteiger partial charge is 0.421 e. The molecule has 0 saturated carbocycles. The first-order chi connectivity index (χ1) is 13.7. The number of carbonyl (C=O) groups excluding carboxylic acids is 2. The molecule has 0 unspecified atom stereocenters. The zero-order chi connectivity index (χ0) is 21.6. The molecule has 0 aliphatic carbocycles. The zero-order valence-electron chi connectivity index (χ0n) is 16.7. The van der Waals surface area contributed by atoms with Crippen molar-refractivity contribution in [2.24, 2.45) is 0 Å². The number of amides is 2. The van der Waals surface area contributed by atoms with Gasteiger partial charge in [-0.2, -0.15) is 13.2 Å². The van der Waals surface area contributed by atoms with Gasteiger partial charge in [-0.15, -0.1) is 0 Å². The van der Waals surface area contributed by atoms with Crippen LogP contribution in [0.25, 0.3) is 0 Å². The minimum Gasteiger partial charge on any atom is -0.342 e. The summed E-state index contributed by atoms with van der Waals surface area (Å²) in [6.07, 6.45) is -2.93. The molecule has 7 nitrogen and oxygen atoms in total. The predicted molar refractivity (Wildman–Crippen MR) is 101 cm³/mol. The van der Waals surface area contributed by atoms with E-state index in [-0.39, 0.29) is 12.5 Å². The molecule has 1 aromatic rings. The van der Waals surface area contributed by atoms with Gasteiger partial charge in [-0.25, -0.2) is 0 Å². The molecule has 1 saturated heterocycles. The molecule has 1 fully saturated rings. The number of carbonyl (C=O) groups is 2. The second-order valence-corrected chi connectivity index (χ2v) is 6.93. The van der Waals surface area contributed by atoms with Crippen molar-refractivity contribution in [2.75, 3.05) is 45.8 Å². The van der Waals surface area contributed by atoms with Crippen LogP contribution in [0.1, 0.15) is 25.8 Å². The van der Waals surface area contributed by atoms with Gasteiger partial charge in [0.05, 0.1) is 6.54 Å². The fourth-order valence-electron chi connectivity index (χ4n) is 3.37. The first-order valence-corrected chi connectivity index (χ1v) is 9.71. The average Bonchev–Trinajstić information content (AvgIpc) is 2.89. The van der Waals surface area contributed by atoms with E-state index < -0.39 is 29.8 Å². The van der Waals surface area contributed by atoms with Crippen molar-refractivity contribution in [1.82, 2.24) is 19.3 Å². The summed E-state index contributed by atoms with van der Waals surface area (Å²) < 4.78 is 39.4. The van der Waals surface area contributed by atoms with Crippen molar-refractivity contribution in [3.8, 4) is 0 Å². The second kappa shape index (κ2) is 9.91. The first-order valence-electron chi connectivity index (χ1n) is 9.71. The fraction of sp³-hybridized carbons (Fsp3) is 0.632. The topological polar surface area (TPSA) is 65.9 Å². The maximum absolute atomic E-state index is 12.9. The molecule has 0 radical (unpaired) electrons. The van der Waals surface area contributed by atoms with E-state index in [0.717, 1.165) is 10.6 Å². The molecule has 1 aromatic heterocycles. The minimum absolute atomic E-state index is 0.0327. The van der Waals surface area contributed by atoms with E-state index in [1.54, 1.807) is 4.90 Å². The van der Waals surface area contributed by atoms with Crippen LogP contribution in [0.4, 0.5) is 13.2 Å². The second-order valence-electron chi connectivity index (χ2n) is 6.93. The van der Waals surface area contributed by atoms with Crippen LogP contribution in [-0.4, -0.2) is 76.9 Å². The molecule has 2 amide bonds. The molecule has 0 spiro atoms. The van der Waals surface area contributed by atoms with E-state index in [9.17, 15) is 27.6 Å². The monoisotopic (exact) mass is 416 g/mol. The highest BCUT2D eigenvalue weighted by Gasteiger charge is 2.34. The Morgan fingerprint density at radius 3 is 2.38 bits per heavy atom. The summed E-state index contributed by atoms with van der Waals surface area (Å²) in [6.45, 7) is 6.88. The maximum atomic E-state index is 12.9. The average molecular weight is 416 g/mol. The van der Waals surface area contributed by atoms with Crippen LogP contribution in [0.5, 0.6) is 0 Å². The van der Waals surface area contributed by atoms with Gasteiger partial charge in [-0.05, 0) is 32.4 Å². The lowest BCUT2D eigenvalue weighted by atomic mass is 10.2. The summed E-state index contributed by atoms with van der Waals surface area (Å²) in [7, 11) is 0. The van der Waals surface area contributed by atoms with Crippen molar-refractivity contribution in [3.63, 3.8) is 0 Å². The van der Waals surface area contributed by atoms with Crippen LogP contribution in [-0.2, 0) is 22.3 Å². The molecule has 0 N–H and O–H groups in total. The summed E-state index contributed by atoms with van der Waals surface area (Å²) in [5.41, 5.74) is -2.51. The van der Waals surface area contributed by atoms with Crippen LogP contribution in [0, 0.1) is 0 Å². The Labute approximate surface area is 167 Å². The van der Waals surface area contributed by atoms with Crippen LogP contribution in [0.3, 0.4) is 0 Å². The van der Waals surface area contributed by atoms with Gasteiger partial charge < -0.3 is 14.4 Å². The Balaban J connectivity index is 1.98. The number of likely N-dealkylation sites (N-methyl/N-ethyl adjacent to an activating group) is 1. The highest BCUT2D eigenvalue weighted by Crippen LogP contribution is 2.25. The van der Waals surface area contributed by atoms with E-state index in [4.69, 9.17) is 0 Å². The number of hydrogen-bond donors (Lipinski definition) is 0. The lowest BCUT2D eigenvalue weighted by molar-refractivity contribution is -0.139. The maximum Gasteiger partial charge on any atom is 0.421 e. The molecule has 29 heavy (non-hydrogen) atoms. The Morgan fingerprint density at radius 1 is 1.07 bits per heavy atom. The third kappa shape index (κ3) is 6.06. The van der Waals surface area contributed by atoms with Crippen LogP contribution < -0.4 is 5.56 Å². The molecule has 1 aliphatic rings. The molecular weight excluding hydrogens is 389 g/mol. The summed E-state index contributed by atoms with van der Waals surface area (Å²) in [5.74, 6) is -0.381. The van der Waals surface area contributed by atoms with Gasteiger partial charge >= 0.3 is 6.18 Å². The number of aromatic nitrogens is 1. The summed E-state index contributed by atoms with van der Waals surface area (Å²) in [4.78, 5) is 42.1. The van der Waals surface area contributed by atoms with Crippen LogP contribution in [0.2, 0.25) is 0 Å². The number of pyridine rings is 1. The molecular formula is C19H27F3N4O3. The highest BCUT2D eigenvalue weighted by molar-refractivity contribution is 5.78. The molecule has 0 atom stereocenters. The molecule has 2 rings (SSSR count). The van der Waals surface area contributed by atoms with E-state index in [2.05, 4.69) is 0 Å². The van der Waals surface area contributed by atoms with Crippen molar-refractivity contribution in [1.29, 1.82) is 0 Å². The van der Waals surface area contributed by atoms with Gasteiger partial charge in [0.1, 0.15) is 12.1 Å². The number of halogens is 3. The number of nitrogens with zero attached hydrogens (tertiary/aromatic N) is 4. The first kappa shape index (κ1) is 22.9. The summed E-state index contributed by atoms with van der Waals surface area (Å²) in [5, 5.41) is 0. The van der Waals surface area contributed by atoms with Crippen molar-refractivity contribution < 1.29 is 22.8 Å². The SMILES string of the molecule is CCN(CC)C(=O)CN1CCCN(C(=O)Cn2cccc(C(F)(F)F)c2=O)CC1. The van der Waals surface area contributed by atoms with Gasteiger partial charge in [0.15, 0.2) is 0 Å². The standard InChI is InChI=1S/C19H27F3N4O3/c1-3-24(4-2)16(27)13-23-8-6-10-25(12-11-23)17(28)14-26-9-5-7-15(18(26)29)19(20,21)22/h5,7,9H,3-4,6,8,10-14H2,1-2H3. The van der Waals surface area contributed by atoms with Crippen molar-refractivity contribution >= 4 is 11.8 Å². The zero-order valence-corrected chi connectivity index (χ0v) is 16.7. The quantitative estimate of drug-likeness (QED) is 0.701. The van der Waals surface area contributed by atoms with E-state index in [1.165, 1.54) is 11.1 Å². The Bertz CT molecular complexity index is 775. The third-order valence-corrected chi connectivity index (χ3v) is 5.05. The lowest BCUT2D eigenvalue weighted by Gasteiger charge is -2.25. The molecule has 162 valence electrons. The normalized spacial score (nSPS) is 15.8. The predicted octanol–water partition coefficient (Wildman–Crippen LogP) is 1.27. The highest BCUT2D eigenvalue weighted by atomic mass is 19.4. The van der Waals surface area contributed by atoms with Crippen LogP contribution in [0.15, 0.2) is 23.1 Å². The molecule has 10 heteroatoms. The van der Waals surface area contributed by atoms with Gasteiger partial charge in [0.25, 0.3) is 5.56 Å². The lowest BCUT2D eigenvalue weighted by Crippen LogP contribution is -2.42. The summed E-state index contributed by atoms with van der Waals surface area (Å²) >= 11 is 0. The van der Waals surface area contributed by atoms with Gasteiger partial charge in [0.2, 0.25) is 11.8 Å². The number of hydrogen-bond acceptors (Lipinski definition) is 4. The van der Waals surface area contributed by atoms with Gasteiger partial charge in [-0.1, -0.05) is 0 Å². The van der Waals surface area contributed by atoms with Crippen molar-refractivity contribution in [2.45, 2.75) is 33.0 Å². The molecule has 1 aliphatic heterocycles. The number of alkyl halides is 3. The fourth-order valence-corrected chi connectivity index (χ4v) is 3.37. The molecule has 2 heterocycles. The van der Waals surface area contributed by atoms with Crippen LogP contribution >= 0.6 is 0 Å². The summed E-state index contributed by atoms with van der Waals surface area (Å²) in [6, 6.07) is 1.82. The van der Waals surface area contributed by atoms with Gasteiger partial charge in [-0.3, -0.25) is 19.3 Å². The minimum atomic E-state index is -4.76. The van der Waals surface area contributed by atoms with E-state index >= 15 is 0 Å². The number of rotatable bonds is 6. The molecule has 0 bridgehead atoms. The molecule has 0 aromatic carbocycles. The Kier molecular flexibility index (Phi) is 7.83. The van der Waals surface area contributed by atoms with Gasteiger partial charge in [0, 0.05) is 45.5 Å². The Morgan fingerprint density at radius 2 is 1.76 bits per heavy atom.